The Kier molecular flexibility index (Phi) is 4.06. The van der Waals surface area contributed by atoms with Gasteiger partial charge in [0.05, 0.1) is 18.7 Å². The van der Waals surface area contributed by atoms with Crippen LogP contribution in [0, 0.1) is 0 Å². The molecule has 1 aliphatic heterocycles. The predicted molar refractivity (Wildman–Crippen MR) is 77.8 cm³/mol. The first-order valence-electron chi connectivity index (χ1n) is 6.74. The SMILES string of the molecule is CCOC(=O)Cc1csc(C2COc3ccccc3O2)n1. The van der Waals surface area contributed by atoms with Crippen LogP contribution in [0.15, 0.2) is 29.6 Å². The van der Waals surface area contributed by atoms with E-state index in [-0.39, 0.29) is 18.5 Å². The molecule has 1 aliphatic rings. The van der Waals surface area contributed by atoms with Gasteiger partial charge < -0.3 is 14.2 Å². The summed E-state index contributed by atoms with van der Waals surface area (Å²) in [5.74, 6) is 1.20. The fraction of sp³-hybridized carbons (Fsp3) is 0.333. The Balaban J connectivity index is 1.69. The van der Waals surface area contributed by atoms with Crippen molar-refractivity contribution in [1.29, 1.82) is 0 Å². The fourth-order valence-corrected chi connectivity index (χ4v) is 2.88. The van der Waals surface area contributed by atoms with Crippen LogP contribution in [0.5, 0.6) is 11.5 Å². The zero-order valence-corrected chi connectivity index (χ0v) is 12.4. The van der Waals surface area contributed by atoms with Gasteiger partial charge in [0, 0.05) is 5.38 Å². The zero-order chi connectivity index (χ0) is 14.7. The molecule has 0 saturated carbocycles. The first kappa shape index (κ1) is 13.9. The van der Waals surface area contributed by atoms with Crippen LogP contribution in [0.3, 0.4) is 0 Å². The maximum atomic E-state index is 11.4. The first-order valence-corrected chi connectivity index (χ1v) is 7.62. The predicted octanol–water partition coefficient (Wildman–Crippen LogP) is 2.76. The number of hydrogen-bond donors (Lipinski definition) is 0. The second-order valence-electron chi connectivity index (χ2n) is 4.52. The Morgan fingerprint density at radius 2 is 2.24 bits per heavy atom. The highest BCUT2D eigenvalue weighted by molar-refractivity contribution is 7.09. The summed E-state index contributed by atoms with van der Waals surface area (Å²) in [6.45, 7) is 2.59. The van der Waals surface area contributed by atoms with E-state index in [1.54, 1.807) is 6.92 Å². The van der Waals surface area contributed by atoms with Crippen LogP contribution in [0.2, 0.25) is 0 Å². The topological polar surface area (TPSA) is 57.7 Å². The second-order valence-corrected chi connectivity index (χ2v) is 5.41. The van der Waals surface area contributed by atoms with Crippen molar-refractivity contribution in [3.05, 3.63) is 40.3 Å². The molecule has 1 aromatic heterocycles. The van der Waals surface area contributed by atoms with Gasteiger partial charge in [-0.2, -0.15) is 0 Å². The summed E-state index contributed by atoms with van der Waals surface area (Å²) in [5, 5.41) is 2.67. The number of carbonyl (C=O) groups excluding carboxylic acids is 1. The molecule has 21 heavy (non-hydrogen) atoms. The molecule has 0 aliphatic carbocycles. The summed E-state index contributed by atoms with van der Waals surface area (Å²) < 4.78 is 16.5. The Bertz CT molecular complexity index is 640. The summed E-state index contributed by atoms with van der Waals surface area (Å²) in [4.78, 5) is 15.9. The number of benzene rings is 1. The number of fused-ring (bicyclic) bond motifs is 1. The molecule has 0 saturated heterocycles. The van der Waals surface area contributed by atoms with Crippen molar-refractivity contribution >= 4 is 17.3 Å². The van der Waals surface area contributed by atoms with Crippen molar-refractivity contribution in [2.24, 2.45) is 0 Å². The van der Waals surface area contributed by atoms with Crippen molar-refractivity contribution in [2.75, 3.05) is 13.2 Å². The van der Waals surface area contributed by atoms with Gasteiger partial charge in [-0.05, 0) is 19.1 Å². The molecule has 0 fully saturated rings. The smallest absolute Gasteiger partial charge is 0.311 e. The highest BCUT2D eigenvalue weighted by Crippen LogP contribution is 2.36. The third-order valence-electron chi connectivity index (χ3n) is 2.98. The number of aromatic nitrogens is 1. The van der Waals surface area contributed by atoms with E-state index in [1.165, 1.54) is 11.3 Å². The highest BCUT2D eigenvalue weighted by atomic mass is 32.1. The average Bonchev–Trinajstić information content (AvgIpc) is 2.95. The van der Waals surface area contributed by atoms with Crippen LogP contribution in [-0.4, -0.2) is 24.2 Å². The molecule has 2 aromatic rings. The number of hydrogen-bond acceptors (Lipinski definition) is 6. The molecule has 2 heterocycles. The number of nitrogens with zero attached hydrogens (tertiary/aromatic N) is 1. The lowest BCUT2D eigenvalue weighted by Crippen LogP contribution is -2.21. The van der Waals surface area contributed by atoms with Gasteiger partial charge in [-0.3, -0.25) is 4.79 Å². The minimum absolute atomic E-state index is 0.189. The maximum absolute atomic E-state index is 11.4. The molecular weight excluding hydrogens is 290 g/mol. The highest BCUT2D eigenvalue weighted by Gasteiger charge is 2.25. The van der Waals surface area contributed by atoms with E-state index >= 15 is 0 Å². The Morgan fingerprint density at radius 1 is 1.43 bits per heavy atom. The van der Waals surface area contributed by atoms with Gasteiger partial charge in [0.25, 0.3) is 0 Å². The van der Waals surface area contributed by atoms with Crippen LogP contribution in [0.4, 0.5) is 0 Å². The second kappa shape index (κ2) is 6.13. The van der Waals surface area contributed by atoms with Crippen molar-refractivity contribution in [3.63, 3.8) is 0 Å². The third kappa shape index (κ3) is 3.16. The number of ether oxygens (including phenoxy) is 3. The minimum Gasteiger partial charge on any atom is -0.485 e. The minimum atomic E-state index is -0.263. The molecule has 5 nitrogen and oxygen atoms in total. The largest absolute Gasteiger partial charge is 0.485 e. The Labute approximate surface area is 126 Å². The summed E-state index contributed by atoms with van der Waals surface area (Å²) >= 11 is 1.47. The molecule has 110 valence electrons. The van der Waals surface area contributed by atoms with Crippen molar-refractivity contribution in [3.8, 4) is 11.5 Å². The number of thiazole rings is 1. The molecular formula is C15H15NO4S. The molecule has 6 heteroatoms. The van der Waals surface area contributed by atoms with Crippen LogP contribution in [0.25, 0.3) is 0 Å². The van der Waals surface area contributed by atoms with E-state index in [0.29, 0.717) is 18.9 Å². The van der Waals surface area contributed by atoms with E-state index < -0.39 is 0 Å². The summed E-state index contributed by atoms with van der Waals surface area (Å²) in [5.41, 5.74) is 0.705. The molecule has 1 unspecified atom stereocenters. The lowest BCUT2D eigenvalue weighted by molar-refractivity contribution is -0.142. The van der Waals surface area contributed by atoms with Gasteiger partial charge in [-0.25, -0.2) is 4.98 Å². The molecule has 0 radical (unpaired) electrons. The Morgan fingerprint density at radius 3 is 3.05 bits per heavy atom. The number of carbonyl (C=O) groups is 1. The van der Waals surface area contributed by atoms with Gasteiger partial charge >= 0.3 is 5.97 Å². The normalized spacial score (nSPS) is 16.5. The van der Waals surface area contributed by atoms with Gasteiger partial charge in [0.15, 0.2) is 17.6 Å². The number of rotatable bonds is 4. The lowest BCUT2D eigenvalue weighted by atomic mass is 10.2. The van der Waals surface area contributed by atoms with Gasteiger partial charge in [0.2, 0.25) is 0 Å². The molecule has 0 amide bonds. The average molecular weight is 305 g/mol. The van der Waals surface area contributed by atoms with Crippen LogP contribution in [-0.2, 0) is 16.0 Å². The summed E-state index contributed by atoms with van der Waals surface area (Å²) in [6.07, 6.45) is -0.0463. The quantitative estimate of drug-likeness (QED) is 0.813. The zero-order valence-electron chi connectivity index (χ0n) is 11.6. The van der Waals surface area contributed by atoms with Crippen molar-refractivity contribution in [1.82, 2.24) is 4.98 Å². The molecule has 3 rings (SSSR count). The standard InChI is InChI=1S/C15H15NO4S/c1-2-18-14(17)7-10-9-21-15(16-10)13-8-19-11-5-3-4-6-12(11)20-13/h3-6,9,13H,2,7-8H2,1H3. The van der Waals surface area contributed by atoms with Gasteiger partial charge in [-0.15, -0.1) is 11.3 Å². The van der Waals surface area contributed by atoms with E-state index in [2.05, 4.69) is 4.98 Å². The van der Waals surface area contributed by atoms with Crippen molar-refractivity contribution in [2.45, 2.75) is 19.4 Å². The van der Waals surface area contributed by atoms with E-state index in [1.807, 2.05) is 29.6 Å². The number of esters is 1. The van der Waals surface area contributed by atoms with E-state index in [4.69, 9.17) is 14.2 Å². The molecule has 1 atom stereocenters. The fourth-order valence-electron chi connectivity index (χ4n) is 2.05. The van der Waals surface area contributed by atoms with Crippen LogP contribution in [0.1, 0.15) is 23.7 Å². The van der Waals surface area contributed by atoms with Gasteiger partial charge in [-0.1, -0.05) is 12.1 Å². The monoisotopic (exact) mass is 305 g/mol. The number of para-hydroxylation sites is 2. The van der Waals surface area contributed by atoms with E-state index in [0.717, 1.165) is 16.5 Å². The molecule has 0 bridgehead atoms. The van der Waals surface area contributed by atoms with Crippen molar-refractivity contribution < 1.29 is 19.0 Å². The molecule has 1 aromatic carbocycles. The third-order valence-corrected chi connectivity index (χ3v) is 3.97. The lowest BCUT2D eigenvalue weighted by Gasteiger charge is -2.24. The van der Waals surface area contributed by atoms with Gasteiger partial charge in [0.1, 0.15) is 11.6 Å². The van der Waals surface area contributed by atoms with Crippen LogP contribution < -0.4 is 9.47 Å². The maximum Gasteiger partial charge on any atom is 0.311 e. The van der Waals surface area contributed by atoms with E-state index in [9.17, 15) is 4.79 Å². The molecule has 0 spiro atoms. The first-order chi connectivity index (χ1) is 10.3. The molecule has 0 N–H and O–H groups in total. The Hall–Kier alpha value is -2.08. The summed E-state index contributed by atoms with van der Waals surface area (Å²) in [7, 11) is 0. The summed E-state index contributed by atoms with van der Waals surface area (Å²) in [6, 6.07) is 7.55. The van der Waals surface area contributed by atoms with Crippen LogP contribution >= 0.6 is 11.3 Å².